The minimum Gasteiger partial charge on any atom is -0.481 e. The van der Waals surface area contributed by atoms with Crippen molar-refractivity contribution in [2.45, 2.75) is 62.7 Å². The van der Waals surface area contributed by atoms with E-state index < -0.39 is 97.2 Å². The van der Waals surface area contributed by atoms with Crippen LogP contribution < -0.4 is 38.9 Å². The molecule has 4 unspecified atom stereocenters. The largest absolute Gasteiger partial charge is 0.481 e. The average Bonchev–Trinajstić information content (AvgIpc) is 2.71. The number of nitrogens with one attached hydrogen (secondary N) is 3. The number of carbonyl (C=O) groups is 8. The molecule has 35 heavy (non-hydrogen) atoms. The van der Waals surface area contributed by atoms with E-state index in [1.54, 1.807) is 0 Å². The maximum atomic E-state index is 12.8. The van der Waals surface area contributed by atoms with Crippen molar-refractivity contribution in [2.24, 2.45) is 22.9 Å². The third-order valence-electron chi connectivity index (χ3n) is 4.38. The molecule has 0 aromatic carbocycles. The van der Waals surface area contributed by atoms with Crippen molar-refractivity contribution >= 4 is 47.4 Å². The van der Waals surface area contributed by atoms with E-state index in [2.05, 4.69) is 10.6 Å². The lowest BCUT2D eigenvalue weighted by atomic mass is 10.1. The lowest BCUT2D eigenvalue weighted by molar-refractivity contribution is -0.147. The number of hydrogen-bond acceptors (Lipinski definition) is 9. The molecule has 0 fully saturated rings. The molecule has 0 saturated carbocycles. The van der Waals surface area contributed by atoms with Crippen LogP contribution in [0.15, 0.2) is 0 Å². The van der Waals surface area contributed by atoms with Crippen molar-refractivity contribution in [3.05, 3.63) is 0 Å². The van der Waals surface area contributed by atoms with E-state index in [1.165, 1.54) is 0 Å². The average molecular weight is 503 g/mol. The van der Waals surface area contributed by atoms with Crippen LogP contribution in [0, 0.1) is 0 Å². The van der Waals surface area contributed by atoms with Gasteiger partial charge in [0, 0.05) is 12.8 Å². The van der Waals surface area contributed by atoms with Gasteiger partial charge in [-0.3, -0.25) is 33.6 Å². The van der Waals surface area contributed by atoms with E-state index >= 15 is 0 Å². The van der Waals surface area contributed by atoms with E-state index in [-0.39, 0.29) is 12.8 Å². The van der Waals surface area contributed by atoms with Gasteiger partial charge in [0.05, 0.1) is 18.9 Å². The van der Waals surface area contributed by atoms with Crippen LogP contribution >= 0.6 is 0 Å². The predicted molar refractivity (Wildman–Crippen MR) is 114 cm³/mol. The van der Waals surface area contributed by atoms with E-state index in [0.717, 1.165) is 0 Å². The molecule has 0 spiro atoms. The van der Waals surface area contributed by atoms with Crippen LogP contribution in [0.5, 0.6) is 0 Å². The first-order chi connectivity index (χ1) is 16.1. The summed E-state index contributed by atoms with van der Waals surface area (Å²) in [5, 5.41) is 24.2. The Kier molecular flexibility index (Phi) is 13.0. The van der Waals surface area contributed by atoms with Crippen LogP contribution in [0.25, 0.3) is 0 Å². The zero-order chi connectivity index (χ0) is 27.3. The second kappa shape index (κ2) is 14.8. The van der Waals surface area contributed by atoms with Crippen LogP contribution in [0.2, 0.25) is 0 Å². The van der Waals surface area contributed by atoms with Gasteiger partial charge in [-0.25, -0.2) is 4.79 Å². The molecule has 4 atom stereocenters. The molecule has 17 nitrogen and oxygen atoms in total. The van der Waals surface area contributed by atoms with Gasteiger partial charge < -0.3 is 49.1 Å². The topological polar surface area (TPSA) is 317 Å². The number of nitrogens with two attached hydrogens (primary N) is 4. The highest BCUT2D eigenvalue weighted by molar-refractivity contribution is 5.95. The number of amides is 6. The fourth-order valence-corrected chi connectivity index (χ4v) is 2.62. The molecule has 0 aliphatic heterocycles. The Morgan fingerprint density at radius 2 is 1.00 bits per heavy atom. The molecule has 0 aliphatic rings. The predicted octanol–water partition coefficient (Wildman–Crippen LogP) is -5.27. The third-order valence-corrected chi connectivity index (χ3v) is 4.38. The molecule has 17 heteroatoms. The summed E-state index contributed by atoms with van der Waals surface area (Å²) in [6.07, 6.45) is -3.12. The minimum atomic E-state index is -1.86. The molecular weight excluding hydrogens is 474 g/mol. The van der Waals surface area contributed by atoms with Crippen molar-refractivity contribution in [1.82, 2.24) is 16.0 Å². The summed E-state index contributed by atoms with van der Waals surface area (Å²) in [5.74, 6) is -9.00. The fraction of sp³-hybridized carbons (Fsp3) is 0.556. The Bertz CT molecular complexity index is 863. The Morgan fingerprint density at radius 1 is 0.600 bits per heavy atom. The zero-order valence-electron chi connectivity index (χ0n) is 18.5. The van der Waals surface area contributed by atoms with Crippen LogP contribution in [0.3, 0.4) is 0 Å². The molecule has 0 radical (unpaired) electrons. The van der Waals surface area contributed by atoms with Crippen molar-refractivity contribution in [2.75, 3.05) is 0 Å². The Balaban J connectivity index is 5.67. The number of carboxylic acids is 2. The van der Waals surface area contributed by atoms with E-state index in [4.69, 9.17) is 33.1 Å². The summed E-state index contributed by atoms with van der Waals surface area (Å²) in [7, 11) is 0. The maximum Gasteiger partial charge on any atom is 0.326 e. The number of primary amides is 3. The molecule has 0 aromatic heterocycles. The number of carbonyl (C=O) groups excluding carboxylic acids is 6. The zero-order valence-corrected chi connectivity index (χ0v) is 18.5. The molecule has 0 aromatic rings. The monoisotopic (exact) mass is 503 g/mol. The Hall–Kier alpha value is -4.28. The Morgan fingerprint density at radius 3 is 1.34 bits per heavy atom. The van der Waals surface area contributed by atoms with Gasteiger partial charge in [-0.05, 0) is 12.8 Å². The van der Waals surface area contributed by atoms with Crippen LogP contribution in [-0.4, -0.2) is 81.8 Å². The molecule has 196 valence electrons. The van der Waals surface area contributed by atoms with Crippen LogP contribution in [0.1, 0.15) is 38.5 Å². The van der Waals surface area contributed by atoms with Gasteiger partial charge in [0.15, 0.2) is 0 Å². The number of carboxylic acid groups (broad SMARTS) is 2. The first kappa shape index (κ1) is 30.7. The summed E-state index contributed by atoms with van der Waals surface area (Å²) in [6.45, 7) is 0. The summed E-state index contributed by atoms with van der Waals surface area (Å²) < 4.78 is 0. The lowest BCUT2D eigenvalue weighted by Gasteiger charge is -2.24. The highest BCUT2D eigenvalue weighted by Crippen LogP contribution is 2.05. The molecule has 6 amide bonds. The smallest absolute Gasteiger partial charge is 0.326 e. The number of rotatable bonds is 17. The molecule has 0 rings (SSSR count). The summed E-state index contributed by atoms with van der Waals surface area (Å²) >= 11 is 0. The molecule has 0 bridgehead atoms. The van der Waals surface area contributed by atoms with Gasteiger partial charge in [-0.1, -0.05) is 0 Å². The summed E-state index contributed by atoms with van der Waals surface area (Å²) in [6, 6.07) is -6.37. The molecule has 0 heterocycles. The summed E-state index contributed by atoms with van der Waals surface area (Å²) in [4.78, 5) is 92.9. The van der Waals surface area contributed by atoms with Gasteiger partial charge in [0.25, 0.3) is 0 Å². The Labute approximate surface area is 198 Å². The van der Waals surface area contributed by atoms with Crippen LogP contribution in [0.4, 0.5) is 0 Å². The lowest BCUT2D eigenvalue weighted by Crippen LogP contribution is -2.57. The van der Waals surface area contributed by atoms with Crippen molar-refractivity contribution in [1.29, 1.82) is 0 Å². The van der Waals surface area contributed by atoms with Gasteiger partial charge in [-0.2, -0.15) is 0 Å². The molecule has 0 saturated heterocycles. The van der Waals surface area contributed by atoms with Crippen molar-refractivity contribution < 1.29 is 48.6 Å². The first-order valence-electron chi connectivity index (χ1n) is 10.1. The molecule has 13 N–H and O–H groups in total. The standard InChI is InChI=1S/C18H29N7O10/c19-7(5-13(22)28)15(31)23-8(1-3-11(20)26)16(32)24-9(2-4-12(21)27)17(33)25-10(18(34)35)6-14(29)30/h7-10H,1-6,19H2,(H2,20,26)(H2,21,27)(H2,22,28)(H,23,31)(H,24,32)(H,25,33)(H,29,30)(H,34,35). The number of hydrogen-bond donors (Lipinski definition) is 9. The van der Waals surface area contributed by atoms with Crippen LogP contribution in [-0.2, 0) is 38.4 Å². The third kappa shape index (κ3) is 13.1. The van der Waals surface area contributed by atoms with Gasteiger partial charge in [-0.15, -0.1) is 0 Å². The van der Waals surface area contributed by atoms with Crippen molar-refractivity contribution in [3.63, 3.8) is 0 Å². The van der Waals surface area contributed by atoms with Gasteiger partial charge in [0.2, 0.25) is 35.4 Å². The highest BCUT2D eigenvalue weighted by Gasteiger charge is 2.31. The van der Waals surface area contributed by atoms with Gasteiger partial charge >= 0.3 is 11.9 Å². The van der Waals surface area contributed by atoms with Gasteiger partial charge in [0.1, 0.15) is 18.1 Å². The normalized spacial score (nSPS) is 13.9. The maximum absolute atomic E-state index is 12.8. The van der Waals surface area contributed by atoms with E-state index in [9.17, 15) is 38.4 Å². The quantitative estimate of drug-likeness (QED) is 0.0902. The minimum absolute atomic E-state index is 0.350. The molecular formula is C18H29N7O10. The first-order valence-corrected chi connectivity index (χ1v) is 10.1. The highest BCUT2D eigenvalue weighted by atomic mass is 16.4. The van der Waals surface area contributed by atoms with E-state index in [1.807, 2.05) is 5.32 Å². The second-order valence-electron chi connectivity index (χ2n) is 7.41. The molecule has 0 aliphatic carbocycles. The fourth-order valence-electron chi connectivity index (χ4n) is 2.62. The van der Waals surface area contributed by atoms with E-state index in [0.29, 0.717) is 0 Å². The SMILES string of the molecule is NC(=O)CCC(NC(=O)C(N)CC(N)=O)C(=O)NC(CCC(N)=O)C(=O)NC(CC(=O)O)C(=O)O. The summed E-state index contributed by atoms with van der Waals surface area (Å²) in [5.41, 5.74) is 20.6. The number of aliphatic carboxylic acids is 2. The van der Waals surface area contributed by atoms with Crippen molar-refractivity contribution in [3.8, 4) is 0 Å². The second-order valence-corrected chi connectivity index (χ2v) is 7.41.